The number of benzene rings is 1. The molecule has 2 rings (SSSR count). The van der Waals surface area contributed by atoms with Crippen LogP contribution in [0.15, 0.2) is 30.9 Å². The van der Waals surface area contributed by atoms with Gasteiger partial charge >= 0.3 is 0 Å². The molecule has 1 heterocycles. The molecule has 2 aromatic rings. The number of hydrogen-bond acceptors (Lipinski definition) is 3. The maximum atomic E-state index is 13.7. The quantitative estimate of drug-likeness (QED) is 0.867. The Balaban J connectivity index is 1.99. The van der Waals surface area contributed by atoms with Crippen molar-refractivity contribution in [3.8, 4) is 5.75 Å². The molecule has 0 radical (unpaired) electrons. The van der Waals surface area contributed by atoms with E-state index in [1.165, 1.54) is 12.1 Å². The maximum Gasteiger partial charge on any atom is 0.190 e. The molecule has 102 valence electrons. The molecular weight excluding hydrogens is 252 g/mol. The minimum absolute atomic E-state index is 0.167. The van der Waals surface area contributed by atoms with Gasteiger partial charge in [0.15, 0.2) is 17.4 Å². The van der Waals surface area contributed by atoms with Crippen molar-refractivity contribution in [3.05, 3.63) is 48.1 Å². The van der Waals surface area contributed by atoms with Crippen LogP contribution in [0.2, 0.25) is 0 Å². The minimum atomic E-state index is -0.700. The van der Waals surface area contributed by atoms with Gasteiger partial charge < -0.3 is 15.0 Å². The molecule has 0 aliphatic rings. The number of halogens is 2. The number of hydrogen-bond donors (Lipinski definition) is 1. The fraction of sp³-hybridized carbons (Fsp3) is 0.308. The van der Waals surface area contributed by atoms with Crippen molar-refractivity contribution in [2.75, 3.05) is 13.2 Å². The Labute approximate surface area is 109 Å². The van der Waals surface area contributed by atoms with Crippen LogP contribution in [-0.2, 0) is 13.0 Å². The van der Waals surface area contributed by atoms with Crippen molar-refractivity contribution in [2.45, 2.75) is 13.0 Å². The number of ether oxygens (including phenoxy) is 1. The average molecular weight is 267 g/mol. The van der Waals surface area contributed by atoms with Crippen LogP contribution < -0.4 is 10.5 Å². The summed E-state index contributed by atoms with van der Waals surface area (Å²) in [5.74, 6) is -1.75. The highest BCUT2D eigenvalue weighted by atomic mass is 19.1. The van der Waals surface area contributed by atoms with Crippen LogP contribution in [0, 0.1) is 11.6 Å². The normalized spacial score (nSPS) is 10.7. The van der Waals surface area contributed by atoms with Crippen molar-refractivity contribution >= 4 is 0 Å². The summed E-state index contributed by atoms with van der Waals surface area (Å²) >= 11 is 0. The molecule has 4 nitrogen and oxygen atoms in total. The van der Waals surface area contributed by atoms with Crippen LogP contribution in [0.4, 0.5) is 8.78 Å². The molecule has 0 unspecified atom stereocenters. The molecule has 1 aromatic heterocycles. The third-order valence-corrected chi connectivity index (χ3v) is 2.65. The van der Waals surface area contributed by atoms with Gasteiger partial charge in [-0.15, -0.1) is 0 Å². The third kappa shape index (κ3) is 3.51. The van der Waals surface area contributed by atoms with Crippen LogP contribution >= 0.6 is 0 Å². The van der Waals surface area contributed by atoms with Gasteiger partial charge in [0.05, 0.1) is 12.9 Å². The molecule has 6 heteroatoms. The molecule has 1 aromatic carbocycles. The Hall–Kier alpha value is -1.95. The fourth-order valence-corrected chi connectivity index (χ4v) is 1.73. The van der Waals surface area contributed by atoms with E-state index in [1.54, 1.807) is 23.3 Å². The average Bonchev–Trinajstić information content (AvgIpc) is 2.86. The van der Waals surface area contributed by atoms with Crippen LogP contribution in [-0.4, -0.2) is 22.7 Å². The van der Waals surface area contributed by atoms with Gasteiger partial charge in [-0.1, -0.05) is 0 Å². The first kappa shape index (κ1) is 13.5. The minimum Gasteiger partial charge on any atom is -0.486 e. The maximum absolute atomic E-state index is 13.7. The van der Waals surface area contributed by atoms with Crippen molar-refractivity contribution in [3.63, 3.8) is 0 Å². The second kappa shape index (κ2) is 6.29. The molecular formula is C13H15F2N3O. The van der Waals surface area contributed by atoms with Gasteiger partial charge in [0, 0.05) is 12.4 Å². The van der Waals surface area contributed by atoms with E-state index in [1.807, 2.05) is 0 Å². The van der Waals surface area contributed by atoms with Gasteiger partial charge in [-0.05, 0) is 30.7 Å². The van der Waals surface area contributed by atoms with E-state index >= 15 is 0 Å². The summed E-state index contributed by atoms with van der Waals surface area (Å²) in [5, 5.41) is 0. The van der Waals surface area contributed by atoms with Gasteiger partial charge in [-0.3, -0.25) is 0 Å². The Morgan fingerprint density at radius 1 is 1.26 bits per heavy atom. The predicted molar refractivity (Wildman–Crippen MR) is 66.8 cm³/mol. The van der Waals surface area contributed by atoms with Crippen LogP contribution in [0.25, 0.3) is 0 Å². The summed E-state index contributed by atoms with van der Waals surface area (Å²) in [5.41, 5.74) is 5.88. The highest BCUT2D eigenvalue weighted by Crippen LogP contribution is 2.23. The lowest BCUT2D eigenvalue weighted by atomic mass is 10.1. The number of nitrogens with two attached hydrogens (primary N) is 1. The van der Waals surface area contributed by atoms with E-state index in [4.69, 9.17) is 10.5 Å². The van der Waals surface area contributed by atoms with Gasteiger partial charge in [-0.2, -0.15) is 0 Å². The zero-order chi connectivity index (χ0) is 13.7. The van der Waals surface area contributed by atoms with Crippen LogP contribution in [0.1, 0.15) is 5.56 Å². The zero-order valence-corrected chi connectivity index (χ0v) is 10.4. The zero-order valence-electron chi connectivity index (χ0n) is 10.4. The molecule has 0 saturated heterocycles. The third-order valence-electron chi connectivity index (χ3n) is 2.65. The second-order valence-electron chi connectivity index (χ2n) is 4.08. The molecule has 19 heavy (non-hydrogen) atoms. The second-order valence-corrected chi connectivity index (χ2v) is 4.08. The SMILES string of the molecule is NCCc1cc(F)c(OCCn2ccnc2)c(F)c1. The number of aromatic nitrogens is 2. The van der Waals surface area contributed by atoms with E-state index < -0.39 is 11.6 Å². The topological polar surface area (TPSA) is 53.1 Å². The Bertz CT molecular complexity index is 506. The van der Waals surface area contributed by atoms with Crippen molar-refractivity contribution in [1.82, 2.24) is 9.55 Å². The highest BCUT2D eigenvalue weighted by Gasteiger charge is 2.12. The standard InChI is InChI=1S/C13H15F2N3O/c14-11-7-10(1-2-16)8-12(15)13(11)19-6-5-18-4-3-17-9-18/h3-4,7-9H,1-2,5-6,16H2. The Kier molecular flexibility index (Phi) is 4.46. The van der Waals surface area contributed by atoms with Crippen LogP contribution in [0.5, 0.6) is 5.75 Å². The van der Waals surface area contributed by atoms with E-state index in [0.29, 0.717) is 25.1 Å². The number of nitrogens with zero attached hydrogens (tertiary/aromatic N) is 2. The molecule has 0 bridgehead atoms. The first-order valence-electron chi connectivity index (χ1n) is 5.97. The summed E-state index contributed by atoms with van der Waals surface area (Å²) in [7, 11) is 0. The number of rotatable bonds is 6. The van der Waals surface area contributed by atoms with Crippen molar-refractivity contribution in [1.29, 1.82) is 0 Å². The lowest BCUT2D eigenvalue weighted by Gasteiger charge is -2.10. The fourth-order valence-electron chi connectivity index (χ4n) is 1.73. The van der Waals surface area contributed by atoms with Crippen LogP contribution in [0.3, 0.4) is 0 Å². The predicted octanol–water partition coefficient (Wildman–Crippen LogP) is 1.74. The molecule has 0 fully saturated rings. The van der Waals surface area contributed by atoms with E-state index in [-0.39, 0.29) is 12.4 Å². The molecule has 2 N–H and O–H groups in total. The van der Waals surface area contributed by atoms with Crippen molar-refractivity contribution < 1.29 is 13.5 Å². The van der Waals surface area contributed by atoms with E-state index in [0.717, 1.165) is 0 Å². The smallest absolute Gasteiger partial charge is 0.190 e. The molecule has 0 aliphatic carbocycles. The Morgan fingerprint density at radius 3 is 2.58 bits per heavy atom. The summed E-state index contributed by atoms with van der Waals surface area (Å²) in [6, 6.07) is 2.50. The molecule has 0 amide bonds. The van der Waals surface area contributed by atoms with E-state index in [9.17, 15) is 8.78 Å². The molecule has 0 aliphatic heterocycles. The lowest BCUT2D eigenvalue weighted by Crippen LogP contribution is -2.09. The number of imidazole rings is 1. The molecule has 0 atom stereocenters. The summed E-state index contributed by atoms with van der Waals surface area (Å²) in [6.07, 6.45) is 5.42. The van der Waals surface area contributed by atoms with Gasteiger partial charge in [0.25, 0.3) is 0 Å². The van der Waals surface area contributed by atoms with Crippen molar-refractivity contribution in [2.24, 2.45) is 5.73 Å². The monoisotopic (exact) mass is 267 g/mol. The molecule has 0 saturated carbocycles. The highest BCUT2D eigenvalue weighted by molar-refractivity contribution is 5.31. The van der Waals surface area contributed by atoms with Gasteiger partial charge in [0.1, 0.15) is 6.61 Å². The largest absolute Gasteiger partial charge is 0.486 e. The summed E-state index contributed by atoms with van der Waals surface area (Å²) in [6.45, 7) is 0.990. The lowest BCUT2D eigenvalue weighted by molar-refractivity contribution is 0.269. The Morgan fingerprint density at radius 2 is 2.00 bits per heavy atom. The summed E-state index contributed by atoms with van der Waals surface area (Å²) < 4.78 is 34.3. The molecule has 0 spiro atoms. The first-order valence-corrected chi connectivity index (χ1v) is 5.97. The van der Waals surface area contributed by atoms with Gasteiger partial charge in [-0.25, -0.2) is 13.8 Å². The first-order chi connectivity index (χ1) is 9.20. The van der Waals surface area contributed by atoms with E-state index in [2.05, 4.69) is 4.98 Å². The van der Waals surface area contributed by atoms with Gasteiger partial charge in [0.2, 0.25) is 0 Å². The summed E-state index contributed by atoms with van der Waals surface area (Å²) in [4.78, 5) is 3.86.